The summed E-state index contributed by atoms with van der Waals surface area (Å²) in [6, 6.07) is -0.305. The van der Waals surface area contributed by atoms with Crippen LogP contribution in [0.15, 0.2) is 18.0 Å². The first-order valence-corrected chi connectivity index (χ1v) is 20.7. The monoisotopic (exact) mass is 754 g/mol. The number of hydrogen-bond acceptors (Lipinski definition) is 8. The Kier molecular flexibility index (Phi) is 10.7. The van der Waals surface area contributed by atoms with Crippen molar-refractivity contribution in [2.45, 2.75) is 132 Å². The molecule has 1 aromatic rings. The number of amides is 1. The molecule has 0 unspecified atom stereocenters. The third-order valence-electron chi connectivity index (χ3n) is 17.2. The average Bonchev–Trinajstić information content (AvgIpc) is 3.59. The summed E-state index contributed by atoms with van der Waals surface area (Å²) >= 11 is 0. The zero-order valence-corrected chi connectivity index (χ0v) is 35.3. The Hall–Kier alpha value is -2.34. The fourth-order valence-electron chi connectivity index (χ4n) is 13.0. The van der Waals surface area contributed by atoms with Gasteiger partial charge in [-0.3, -0.25) is 9.59 Å². The molecule has 304 valence electrons. The van der Waals surface area contributed by atoms with Crippen molar-refractivity contribution in [3.8, 4) is 0 Å². The highest BCUT2D eigenvalue weighted by Gasteiger charge is 2.72. The Labute approximate surface area is 324 Å². The number of carbonyl (C=O) groups is 2. The number of fused-ring (bicyclic) bond motifs is 3. The van der Waals surface area contributed by atoms with E-state index in [1.165, 1.54) is 11.9 Å². The first-order chi connectivity index (χ1) is 25.1. The summed E-state index contributed by atoms with van der Waals surface area (Å²) in [5, 5.41) is 32.0. The Morgan fingerprint density at radius 3 is 2.39 bits per heavy atom. The minimum absolute atomic E-state index is 0.0275. The number of ether oxygens (including phenoxy) is 2. The molecule has 6 rings (SSSR count). The molecule has 1 amide bonds. The lowest BCUT2D eigenvalue weighted by Gasteiger charge is -2.71. The third-order valence-corrected chi connectivity index (χ3v) is 17.2. The number of nitrogens with one attached hydrogen (secondary N) is 2. The number of aromatic nitrogens is 3. The van der Waals surface area contributed by atoms with Crippen molar-refractivity contribution in [3.05, 3.63) is 23.8 Å². The van der Waals surface area contributed by atoms with E-state index in [-0.39, 0.29) is 69.9 Å². The van der Waals surface area contributed by atoms with Crippen LogP contribution in [-0.2, 0) is 14.3 Å². The van der Waals surface area contributed by atoms with Crippen molar-refractivity contribution in [2.75, 3.05) is 40.0 Å². The van der Waals surface area contributed by atoms with E-state index in [9.17, 15) is 19.8 Å². The van der Waals surface area contributed by atoms with Crippen molar-refractivity contribution in [2.24, 2.45) is 62.1 Å². The van der Waals surface area contributed by atoms with Crippen molar-refractivity contribution in [1.82, 2.24) is 25.4 Å². The van der Waals surface area contributed by atoms with Crippen LogP contribution in [0.25, 0.3) is 0 Å². The third kappa shape index (κ3) is 5.86. The van der Waals surface area contributed by atoms with Gasteiger partial charge in [-0.2, -0.15) is 5.10 Å². The van der Waals surface area contributed by atoms with Gasteiger partial charge in [0.2, 0.25) is 5.82 Å². The van der Waals surface area contributed by atoms with Gasteiger partial charge < -0.3 is 30.3 Å². The van der Waals surface area contributed by atoms with Crippen molar-refractivity contribution in [1.29, 1.82) is 0 Å². The molecular weight excluding hydrogens is 683 g/mol. The summed E-state index contributed by atoms with van der Waals surface area (Å²) in [6.45, 7) is 26.7. The molecule has 3 saturated carbocycles. The van der Waals surface area contributed by atoms with E-state index in [1.54, 1.807) is 7.05 Å². The molecule has 0 spiro atoms. The van der Waals surface area contributed by atoms with Crippen LogP contribution < -0.4 is 10.6 Å². The van der Waals surface area contributed by atoms with Gasteiger partial charge in [-0.1, -0.05) is 80.9 Å². The molecule has 54 heavy (non-hydrogen) atoms. The second-order valence-corrected chi connectivity index (χ2v) is 20.7. The SMILES string of the molecule is CNC(=O)c1ncnn1[C@@H]1C[C@@]23COC[C@](C)([C@@H]2CC[C@H]2C3=CC[C@@]3(C)[C@H](C(=O)O)[C@@](C)([C@H](C)C(C)C)CC[C@]23C)[C@H]1OC[C@](C)(NCCO)C(C)(C)C. The van der Waals surface area contributed by atoms with Crippen LogP contribution in [0.4, 0.5) is 0 Å². The van der Waals surface area contributed by atoms with Gasteiger partial charge in [-0.15, -0.1) is 0 Å². The van der Waals surface area contributed by atoms with Gasteiger partial charge in [0.05, 0.1) is 44.5 Å². The number of aliphatic carboxylic acids is 1. The Morgan fingerprint density at radius 1 is 1.07 bits per heavy atom. The molecule has 4 aliphatic carbocycles. The van der Waals surface area contributed by atoms with E-state index in [0.29, 0.717) is 38.7 Å². The van der Waals surface area contributed by atoms with E-state index in [1.807, 2.05) is 4.68 Å². The Morgan fingerprint density at radius 2 is 1.78 bits per heavy atom. The minimum Gasteiger partial charge on any atom is -0.481 e. The summed E-state index contributed by atoms with van der Waals surface area (Å²) in [5.74, 6) is 0.0202. The number of carboxylic acids is 1. The van der Waals surface area contributed by atoms with Crippen LogP contribution in [-0.4, -0.2) is 88.5 Å². The lowest BCUT2D eigenvalue weighted by Crippen LogP contribution is -2.69. The molecule has 4 fully saturated rings. The van der Waals surface area contributed by atoms with Crippen LogP contribution in [0.2, 0.25) is 0 Å². The molecule has 2 bridgehead atoms. The molecule has 2 heterocycles. The molecule has 1 aromatic heterocycles. The van der Waals surface area contributed by atoms with Crippen LogP contribution in [0.5, 0.6) is 0 Å². The average molecular weight is 754 g/mol. The van der Waals surface area contributed by atoms with Crippen molar-refractivity contribution in [3.63, 3.8) is 0 Å². The van der Waals surface area contributed by atoms with Crippen LogP contribution in [0.1, 0.15) is 131 Å². The van der Waals surface area contributed by atoms with Gasteiger partial charge in [-0.25, -0.2) is 9.67 Å². The first kappa shape index (κ1) is 41.3. The zero-order chi connectivity index (χ0) is 39.9. The normalized spacial score (nSPS) is 40.8. The number of aliphatic hydroxyl groups is 1. The van der Waals surface area contributed by atoms with Gasteiger partial charge in [0.15, 0.2) is 0 Å². The second-order valence-electron chi connectivity index (χ2n) is 20.7. The minimum atomic E-state index is -0.655. The predicted molar refractivity (Wildman–Crippen MR) is 209 cm³/mol. The van der Waals surface area contributed by atoms with Crippen molar-refractivity contribution >= 4 is 11.9 Å². The maximum atomic E-state index is 13.6. The fourth-order valence-corrected chi connectivity index (χ4v) is 13.0. The Balaban J connectivity index is 1.47. The highest BCUT2D eigenvalue weighted by atomic mass is 16.5. The smallest absolute Gasteiger partial charge is 0.307 e. The van der Waals surface area contributed by atoms with Gasteiger partial charge in [0, 0.05) is 30.0 Å². The fraction of sp³-hybridized carbons (Fsp3) is 0.860. The highest BCUT2D eigenvalue weighted by molar-refractivity contribution is 5.90. The zero-order valence-electron chi connectivity index (χ0n) is 35.3. The molecule has 0 aromatic carbocycles. The number of aliphatic hydroxyl groups excluding tert-OH is 1. The summed E-state index contributed by atoms with van der Waals surface area (Å²) in [7, 11) is 1.62. The molecule has 11 heteroatoms. The maximum Gasteiger partial charge on any atom is 0.307 e. The highest BCUT2D eigenvalue weighted by Crippen LogP contribution is 2.75. The number of allylic oxidation sites excluding steroid dienone is 1. The number of carbonyl (C=O) groups excluding carboxylic acids is 1. The predicted octanol–water partition coefficient (Wildman–Crippen LogP) is 6.54. The van der Waals surface area contributed by atoms with Gasteiger partial charge in [0.25, 0.3) is 5.91 Å². The molecule has 1 saturated heterocycles. The van der Waals surface area contributed by atoms with E-state index in [4.69, 9.17) is 14.6 Å². The molecule has 12 atom stereocenters. The lowest BCUT2D eigenvalue weighted by molar-refractivity contribution is -0.254. The second kappa shape index (κ2) is 13.9. The van der Waals surface area contributed by atoms with E-state index in [0.717, 1.165) is 32.1 Å². The molecule has 1 aliphatic heterocycles. The quantitative estimate of drug-likeness (QED) is 0.185. The largest absolute Gasteiger partial charge is 0.481 e. The summed E-state index contributed by atoms with van der Waals surface area (Å²) in [4.78, 5) is 31.3. The first-order valence-electron chi connectivity index (χ1n) is 20.7. The van der Waals surface area contributed by atoms with E-state index < -0.39 is 28.3 Å². The number of carboxylic acid groups (broad SMARTS) is 1. The molecule has 11 nitrogen and oxygen atoms in total. The number of hydrogen-bond donors (Lipinski definition) is 4. The Bertz CT molecular complexity index is 1620. The summed E-state index contributed by atoms with van der Waals surface area (Å²) < 4.78 is 15.8. The summed E-state index contributed by atoms with van der Waals surface area (Å²) in [6.07, 6.45) is 8.88. The molecule has 5 aliphatic rings. The van der Waals surface area contributed by atoms with Crippen molar-refractivity contribution < 1.29 is 29.3 Å². The van der Waals surface area contributed by atoms with E-state index in [2.05, 4.69) is 97.9 Å². The number of β-amino-alcohol motifs (C(OH)–C–C–N with tert-alkyl or cyclic N) is 1. The topological polar surface area (TPSA) is 148 Å². The van der Waals surface area contributed by atoms with Gasteiger partial charge in [-0.05, 0) is 90.8 Å². The number of nitrogens with zero attached hydrogens (tertiary/aromatic N) is 3. The molecular formula is C43H71N5O6. The number of rotatable bonds is 11. The van der Waals surface area contributed by atoms with Crippen LogP contribution in [0.3, 0.4) is 0 Å². The van der Waals surface area contributed by atoms with Gasteiger partial charge >= 0.3 is 5.97 Å². The van der Waals surface area contributed by atoms with Crippen LogP contribution >= 0.6 is 0 Å². The van der Waals surface area contributed by atoms with Crippen LogP contribution in [0, 0.1) is 62.1 Å². The molecule has 0 radical (unpaired) electrons. The lowest BCUT2D eigenvalue weighted by atomic mass is 9.34. The standard InChI is InChI=1S/C43H71N5O6/c1-26(2)27(3)38(7)17-18-40(9)28-13-14-31-39(8)22-53-24-43(31,29(28)15-16-41(40,10)32(38)36(51)52)21-30(48-34(35(50)44-12)45-25-47-48)33(39)54-23-42(11,37(4,5)6)46-19-20-49/h15,25-28,30-33,46,49H,13-14,16-24H2,1-12H3,(H,44,50)(H,51,52)/t27-,28+,30-,31+,32-,33+,38-,39-,40-,41+,42+,43+/m1/s1. The summed E-state index contributed by atoms with van der Waals surface area (Å²) in [5.41, 5.74) is -0.893. The maximum absolute atomic E-state index is 13.6. The van der Waals surface area contributed by atoms with Gasteiger partial charge in [0.1, 0.15) is 6.33 Å². The molecule has 4 N–H and O–H groups in total. The van der Waals surface area contributed by atoms with E-state index >= 15 is 0 Å².